The number of hydrogen-bond acceptors (Lipinski definition) is 4. The van der Waals surface area contributed by atoms with Crippen molar-refractivity contribution < 1.29 is 24.0 Å². The SMILES string of the molecule is O=C(O)CC(NC(=O)c1ccc(F)cc1)c1cc([N+](=O)[O-])ccc1Cl. The topological polar surface area (TPSA) is 110 Å². The highest BCUT2D eigenvalue weighted by atomic mass is 35.5. The van der Waals surface area contributed by atoms with E-state index in [1.807, 2.05) is 0 Å². The lowest BCUT2D eigenvalue weighted by Gasteiger charge is -2.18. The molecule has 1 atom stereocenters. The third kappa shape index (κ3) is 4.74. The lowest BCUT2D eigenvalue weighted by Crippen LogP contribution is -2.30. The quantitative estimate of drug-likeness (QED) is 0.602. The van der Waals surface area contributed by atoms with E-state index in [0.29, 0.717) is 0 Å². The number of hydrogen-bond donors (Lipinski definition) is 2. The molecule has 2 N–H and O–H groups in total. The molecule has 0 aliphatic rings. The van der Waals surface area contributed by atoms with Crippen LogP contribution < -0.4 is 5.32 Å². The third-order valence-corrected chi connectivity index (χ3v) is 3.70. The van der Waals surface area contributed by atoms with E-state index in [-0.39, 0.29) is 21.8 Å². The van der Waals surface area contributed by atoms with Crippen LogP contribution >= 0.6 is 11.6 Å². The number of aliphatic carboxylic acids is 1. The first-order valence-electron chi connectivity index (χ1n) is 7.00. The molecule has 1 unspecified atom stereocenters. The van der Waals surface area contributed by atoms with Gasteiger partial charge in [-0.3, -0.25) is 19.7 Å². The van der Waals surface area contributed by atoms with E-state index in [1.165, 1.54) is 24.3 Å². The van der Waals surface area contributed by atoms with Crippen molar-refractivity contribution in [2.45, 2.75) is 12.5 Å². The number of amides is 1. The maximum Gasteiger partial charge on any atom is 0.305 e. The zero-order chi connectivity index (χ0) is 18.6. The van der Waals surface area contributed by atoms with Crippen LogP contribution in [0.4, 0.5) is 10.1 Å². The minimum absolute atomic E-state index is 0.0799. The van der Waals surface area contributed by atoms with Gasteiger partial charge in [0.05, 0.1) is 17.4 Å². The molecule has 7 nitrogen and oxygen atoms in total. The van der Waals surface area contributed by atoms with Crippen LogP contribution in [0.15, 0.2) is 42.5 Å². The minimum atomic E-state index is -1.23. The van der Waals surface area contributed by atoms with Crippen LogP contribution in [0.3, 0.4) is 0 Å². The van der Waals surface area contributed by atoms with Crippen molar-refractivity contribution in [1.29, 1.82) is 0 Å². The summed E-state index contributed by atoms with van der Waals surface area (Å²) >= 11 is 6.01. The number of nitrogens with zero attached hydrogens (tertiary/aromatic N) is 1. The van der Waals surface area contributed by atoms with E-state index >= 15 is 0 Å². The van der Waals surface area contributed by atoms with E-state index in [9.17, 15) is 24.1 Å². The number of nitro benzene ring substituents is 1. The fraction of sp³-hybridized carbons (Fsp3) is 0.125. The highest BCUT2D eigenvalue weighted by molar-refractivity contribution is 6.31. The molecular formula is C16H12ClFN2O5. The summed E-state index contributed by atoms with van der Waals surface area (Å²) in [5, 5.41) is 22.5. The van der Waals surface area contributed by atoms with Gasteiger partial charge in [-0.15, -0.1) is 0 Å². The summed E-state index contributed by atoms with van der Waals surface area (Å²) in [6.07, 6.45) is -0.534. The van der Waals surface area contributed by atoms with E-state index < -0.39 is 35.1 Å². The average molecular weight is 367 g/mol. The molecule has 0 fully saturated rings. The molecule has 0 saturated carbocycles. The minimum Gasteiger partial charge on any atom is -0.481 e. The van der Waals surface area contributed by atoms with Gasteiger partial charge in [-0.2, -0.15) is 0 Å². The molecule has 0 aliphatic heterocycles. The van der Waals surface area contributed by atoms with Gasteiger partial charge in [0.25, 0.3) is 11.6 Å². The fourth-order valence-electron chi connectivity index (χ4n) is 2.17. The average Bonchev–Trinajstić information content (AvgIpc) is 2.54. The molecule has 25 heavy (non-hydrogen) atoms. The fourth-order valence-corrected chi connectivity index (χ4v) is 2.42. The maximum atomic E-state index is 12.9. The van der Waals surface area contributed by atoms with Crippen LogP contribution in [0, 0.1) is 15.9 Å². The van der Waals surface area contributed by atoms with E-state index in [0.717, 1.165) is 18.2 Å². The van der Waals surface area contributed by atoms with Crippen LogP contribution in [0.1, 0.15) is 28.4 Å². The monoisotopic (exact) mass is 366 g/mol. The van der Waals surface area contributed by atoms with Crippen LogP contribution in [-0.4, -0.2) is 21.9 Å². The van der Waals surface area contributed by atoms with Gasteiger partial charge in [0.1, 0.15) is 5.82 Å². The largest absolute Gasteiger partial charge is 0.481 e. The molecule has 0 saturated heterocycles. The predicted octanol–water partition coefficient (Wildman–Crippen LogP) is 3.33. The summed E-state index contributed by atoms with van der Waals surface area (Å²) in [5.41, 5.74) is -0.0714. The number of rotatable bonds is 6. The number of non-ortho nitro benzene ring substituents is 1. The van der Waals surface area contributed by atoms with Gasteiger partial charge in [-0.1, -0.05) is 11.6 Å². The molecule has 0 heterocycles. The van der Waals surface area contributed by atoms with Gasteiger partial charge >= 0.3 is 5.97 Å². The molecule has 1 amide bonds. The van der Waals surface area contributed by atoms with Crippen LogP contribution in [0.25, 0.3) is 0 Å². The van der Waals surface area contributed by atoms with Crippen molar-refractivity contribution in [3.8, 4) is 0 Å². The van der Waals surface area contributed by atoms with Gasteiger partial charge in [0.15, 0.2) is 0 Å². The van der Waals surface area contributed by atoms with Crippen molar-refractivity contribution in [3.05, 3.63) is 74.5 Å². The second kappa shape index (κ2) is 7.71. The summed E-state index contributed by atoms with van der Waals surface area (Å²) in [5.74, 6) is -2.42. The van der Waals surface area contributed by atoms with Crippen molar-refractivity contribution in [2.75, 3.05) is 0 Å². The Bertz CT molecular complexity index is 826. The van der Waals surface area contributed by atoms with Crippen molar-refractivity contribution in [1.82, 2.24) is 5.32 Å². The van der Waals surface area contributed by atoms with Crippen LogP contribution in [-0.2, 0) is 4.79 Å². The molecular weight excluding hydrogens is 355 g/mol. The molecule has 2 rings (SSSR count). The number of benzene rings is 2. The first-order valence-corrected chi connectivity index (χ1v) is 7.38. The smallest absolute Gasteiger partial charge is 0.305 e. The van der Waals surface area contributed by atoms with Gasteiger partial charge in [-0.25, -0.2) is 4.39 Å². The standard InChI is InChI=1S/C16H12ClFN2O5/c17-13-6-5-11(20(24)25)7-12(13)14(8-15(21)22)19-16(23)9-1-3-10(18)4-2-9/h1-7,14H,8H2,(H,19,23)(H,21,22). The van der Waals surface area contributed by atoms with E-state index in [1.54, 1.807) is 0 Å². The Kier molecular flexibility index (Phi) is 5.66. The molecule has 2 aromatic carbocycles. The Balaban J connectivity index is 2.34. The number of carbonyl (C=O) groups is 2. The number of carbonyl (C=O) groups excluding carboxylic acids is 1. The summed E-state index contributed by atoms with van der Waals surface area (Å²) in [6.45, 7) is 0. The molecule has 2 aromatic rings. The third-order valence-electron chi connectivity index (χ3n) is 3.36. The number of nitro groups is 1. The van der Waals surface area contributed by atoms with Crippen LogP contribution in [0.5, 0.6) is 0 Å². The van der Waals surface area contributed by atoms with Crippen LogP contribution in [0.2, 0.25) is 5.02 Å². The number of carboxylic acid groups (broad SMARTS) is 1. The highest BCUT2D eigenvalue weighted by Crippen LogP contribution is 2.29. The van der Waals surface area contributed by atoms with Gasteiger partial charge in [-0.05, 0) is 30.3 Å². The number of carboxylic acids is 1. The van der Waals surface area contributed by atoms with Gasteiger partial charge in [0.2, 0.25) is 0 Å². The number of halogens is 2. The normalized spacial score (nSPS) is 11.6. The van der Waals surface area contributed by atoms with Crippen molar-refractivity contribution in [2.24, 2.45) is 0 Å². The summed E-state index contributed by atoms with van der Waals surface area (Å²) in [4.78, 5) is 33.6. The maximum absolute atomic E-state index is 12.9. The highest BCUT2D eigenvalue weighted by Gasteiger charge is 2.23. The lowest BCUT2D eigenvalue weighted by molar-refractivity contribution is -0.384. The first-order chi connectivity index (χ1) is 11.8. The molecule has 9 heteroatoms. The summed E-state index contributed by atoms with van der Waals surface area (Å²) in [7, 11) is 0. The predicted molar refractivity (Wildman–Crippen MR) is 87.0 cm³/mol. The zero-order valence-corrected chi connectivity index (χ0v) is 13.4. The Morgan fingerprint density at radius 1 is 1.24 bits per heavy atom. The Morgan fingerprint density at radius 3 is 2.44 bits per heavy atom. The molecule has 0 radical (unpaired) electrons. The van der Waals surface area contributed by atoms with E-state index in [2.05, 4.69) is 5.32 Å². The van der Waals surface area contributed by atoms with Gasteiger partial charge < -0.3 is 10.4 Å². The second-order valence-electron chi connectivity index (χ2n) is 5.09. The molecule has 0 bridgehead atoms. The molecule has 130 valence electrons. The Morgan fingerprint density at radius 2 is 1.88 bits per heavy atom. The lowest BCUT2D eigenvalue weighted by atomic mass is 10.0. The molecule has 0 aromatic heterocycles. The van der Waals surface area contributed by atoms with E-state index in [4.69, 9.17) is 16.7 Å². The van der Waals surface area contributed by atoms with Gasteiger partial charge in [0, 0.05) is 28.3 Å². The summed E-state index contributed by atoms with van der Waals surface area (Å²) < 4.78 is 12.9. The Labute approximate surface area is 146 Å². The molecule has 0 aliphatic carbocycles. The van der Waals surface area contributed by atoms with Crippen molar-refractivity contribution >= 4 is 29.2 Å². The molecule has 0 spiro atoms. The summed E-state index contributed by atoms with van der Waals surface area (Å²) in [6, 6.07) is 7.08. The second-order valence-corrected chi connectivity index (χ2v) is 5.50. The zero-order valence-electron chi connectivity index (χ0n) is 12.6. The Hall–Kier alpha value is -3.00. The first kappa shape index (κ1) is 18.3. The van der Waals surface area contributed by atoms with Crippen molar-refractivity contribution in [3.63, 3.8) is 0 Å². The number of nitrogens with one attached hydrogen (secondary N) is 1.